The van der Waals surface area contributed by atoms with Gasteiger partial charge in [-0.05, 0) is 19.1 Å². The summed E-state index contributed by atoms with van der Waals surface area (Å²) in [6, 6.07) is 0.909. The first-order valence-corrected chi connectivity index (χ1v) is 9.12. The van der Waals surface area contributed by atoms with Crippen LogP contribution in [0.5, 0.6) is 0 Å². The van der Waals surface area contributed by atoms with Gasteiger partial charge in [-0.2, -0.15) is 13.2 Å². The molecule has 0 fully saturated rings. The Bertz CT molecular complexity index is 992. The van der Waals surface area contributed by atoms with E-state index in [0.717, 1.165) is 12.3 Å². The predicted octanol–water partition coefficient (Wildman–Crippen LogP) is 3.00. The second-order valence-electron chi connectivity index (χ2n) is 5.57. The van der Waals surface area contributed by atoms with E-state index >= 15 is 0 Å². The van der Waals surface area contributed by atoms with Crippen molar-refractivity contribution >= 4 is 40.2 Å². The van der Waals surface area contributed by atoms with Crippen LogP contribution in [-0.2, 0) is 24.4 Å². The Morgan fingerprint density at radius 3 is 2.78 bits per heavy atom. The largest absolute Gasteiger partial charge is 0.610 e. The van der Waals surface area contributed by atoms with Gasteiger partial charge in [0.1, 0.15) is 11.3 Å². The van der Waals surface area contributed by atoms with E-state index in [9.17, 15) is 17.7 Å². The first kappa shape index (κ1) is 19.1. The van der Waals surface area contributed by atoms with Crippen molar-refractivity contribution in [2.24, 2.45) is 12.0 Å². The van der Waals surface area contributed by atoms with E-state index in [1.807, 2.05) is 0 Å². The minimum Gasteiger partial charge on any atom is -0.610 e. The fourth-order valence-corrected chi connectivity index (χ4v) is 3.35. The first-order chi connectivity index (χ1) is 12.7. The van der Waals surface area contributed by atoms with Gasteiger partial charge in [0.15, 0.2) is 5.65 Å². The number of nitrogens with one attached hydrogen (secondary N) is 2. The highest BCUT2D eigenvalue weighted by Gasteiger charge is 2.32. The van der Waals surface area contributed by atoms with Gasteiger partial charge in [0, 0.05) is 30.6 Å². The Kier molecular flexibility index (Phi) is 5.07. The maximum Gasteiger partial charge on any atom is 0.417 e. The molecular weight excluding hydrogens is 381 g/mol. The Labute approximate surface area is 155 Å². The zero-order valence-corrected chi connectivity index (χ0v) is 15.1. The van der Waals surface area contributed by atoms with E-state index in [0.29, 0.717) is 5.57 Å². The molecule has 0 saturated carbocycles. The molecule has 7 nitrogen and oxygen atoms in total. The van der Waals surface area contributed by atoms with Gasteiger partial charge in [-0.1, -0.05) is 0 Å². The number of allylic oxidation sites excluding steroid dienone is 2. The molecule has 0 saturated heterocycles. The van der Waals surface area contributed by atoms with Crippen LogP contribution in [0.1, 0.15) is 12.5 Å². The second kappa shape index (κ2) is 7.16. The van der Waals surface area contributed by atoms with Crippen LogP contribution in [0.25, 0.3) is 11.2 Å². The Hall–Kier alpha value is -2.66. The van der Waals surface area contributed by atoms with Crippen LogP contribution < -0.4 is 5.32 Å². The van der Waals surface area contributed by atoms with Crippen molar-refractivity contribution in [3.05, 3.63) is 40.7 Å². The summed E-state index contributed by atoms with van der Waals surface area (Å²) in [4.78, 5) is 11.8. The van der Waals surface area contributed by atoms with Crippen molar-refractivity contribution in [3.63, 3.8) is 0 Å². The van der Waals surface area contributed by atoms with Crippen LogP contribution in [0, 0.1) is 5.41 Å². The number of anilines is 1. The summed E-state index contributed by atoms with van der Waals surface area (Å²) in [6.07, 6.45) is 0.544. The first-order valence-electron chi connectivity index (χ1n) is 7.80. The van der Waals surface area contributed by atoms with Gasteiger partial charge in [-0.15, -0.1) is 0 Å². The van der Waals surface area contributed by atoms with Gasteiger partial charge < -0.3 is 4.55 Å². The third-order valence-electron chi connectivity index (χ3n) is 3.82. The lowest BCUT2D eigenvalue weighted by Crippen LogP contribution is -2.22. The maximum atomic E-state index is 12.9. The molecule has 0 amide bonds. The van der Waals surface area contributed by atoms with Crippen molar-refractivity contribution in [1.29, 1.82) is 5.41 Å². The number of pyridine rings is 1. The quantitative estimate of drug-likeness (QED) is 0.776. The standard InChI is InChI=1S/C16H15F3N6OS/c1-3-27(26)14(10-4-5-21-8-11(10)20)24-15-23-12-6-9(16(17,18)19)7-22-13(12)25(15)2/h4-8,20H,3H2,1-2H3,(H,23,24)/b14-10+,20-11?. The van der Waals surface area contributed by atoms with Crippen molar-refractivity contribution < 1.29 is 17.7 Å². The summed E-state index contributed by atoms with van der Waals surface area (Å²) in [5, 5.41) is 11.1. The molecule has 0 aromatic carbocycles. The molecule has 11 heteroatoms. The zero-order valence-electron chi connectivity index (χ0n) is 14.3. The summed E-state index contributed by atoms with van der Waals surface area (Å²) in [5.74, 6) is 0.453. The summed E-state index contributed by atoms with van der Waals surface area (Å²) >= 11 is -1.47. The average molecular weight is 396 g/mol. The van der Waals surface area contributed by atoms with Crippen molar-refractivity contribution in [1.82, 2.24) is 14.5 Å². The molecule has 1 atom stereocenters. The lowest BCUT2D eigenvalue weighted by Gasteiger charge is -2.17. The average Bonchev–Trinajstić information content (AvgIpc) is 2.94. The monoisotopic (exact) mass is 396 g/mol. The van der Waals surface area contributed by atoms with Crippen LogP contribution in [0.15, 0.2) is 40.1 Å². The highest BCUT2D eigenvalue weighted by molar-refractivity contribution is 7.95. The highest BCUT2D eigenvalue weighted by Crippen LogP contribution is 2.31. The minimum absolute atomic E-state index is 0.0530. The molecule has 2 N–H and O–H groups in total. The van der Waals surface area contributed by atoms with E-state index in [4.69, 9.17) is 5.41 Å². The number of imidazole rings is 1. The van der Waals surface area contributed by atoms with Crippen LogP contribution in [0.3, 0.4) is 0 Å². The number of aliphatic imine (C=N–C) groups is 1. The zero-order chi connectivity index (χ0) is 19.8. The van der Waals surface area contributed by atoms with Crippen LogP contribution in [0.2, 0.25) is 0 Å². The van der Waals surface area contributed by atoms with E-state index in [1.165, 1.54) is 17.0 Å². The number of halogens is 3. The fourth-order valence-electron chi connectivity index (χ4n) is 2.43. The second-order valence-corrected chi connectivity index (χ2v) is 7.25. The number of fused-ring (bicyclic) bond motifs is 1. The molecular formula is C16H15F3N6OS. The number of aryl methyl sites for hydroxylation is 1. The normalized spacial score (nSPS) is 17.5. The number of nitrogens with zero attached hydrogens (tertiary/aromatic N) is 4. The van der Waals surface area contributed by atoms with Gasteiger partial charge in [0.25, 0.3) is 0 Å². The topological polar surface area (TPSA) is 102 Å². The molecule has 0 radical (unpaired) electrons. The lowest BCUT2D eigenvalue weighted by molar-refractivity contribution is -0.137. The number of hydrogen-bond acceptors (Lipinski definition) is 6. The van der Waals surface area contributed by atoms with Gasteiger partial charge in [0.2, 0.25) is 11.0 Å². The van der Waals surface area contributed by atoms with E-state index in [1.54, 1.807) is 20.0 Å². The molecule has 3 rings (SSSR count). The maximum absolute atomic E-state index is 12.9. The molecule has 0 bridgehead atoms. The molecule has 0 aliphatic carbocycles. The summed E-state index contributed by atoms with van der Waals surface area (Å²) < 4.78 is 52.6. The molecule has 0 spiro atoms. The summed E-state index contributed by atoms with van der Waals surface area (Å²) in [6.45, 7) is 1.72. The van der Waals surface area contributed by atoms with Crippen LogP contribution in [-0.4, -0.2) is 36.8 Å². The smallest absolute Gasteiger partial charge is 0.417 e. The molecule has 1 unspecified atom stereocenters. The Morgan fingerprint density at radius 1 is 1.41 bits per heavy atom. The van der Waals surface area contributed by atoms with Crippen LogP contribution >= 0.6 is 0 Å². The van der Waals surface area contributed by atoms with Crippen LogP contribution in [0.4, 0.5) is 19.1 Å². The van der Waals surface area contributed by atoms with E-state index in [-0.39, 0.29) is 33.6 Å². The molecule has 142 valence electrons. The molecule has 27 heavy (non-hydrogen) atoms. The highest BCUT2D eigenvalue weighted by atomic mass is 32.2. The molecule has 1 aliphatic heterocycles. The van der Waals surface area contributed by atoms with Crippen molar-refractivity contribution in [2.75, 3.05) is 11.1 Å². The number of aromatic nitrogens is 3. The van der Waals surface area contributed by atoms with E-state index in [2.05, 4.69) is 20.3 Å². The minimum atomic E-state index is -4.52. The van der Waals surface area contributed by atoms with Gasteiger partial charge in [-0.3, -0.25) is 20.3 Å². The Balaban J connectivity index is 2.07. The molecule has 1 aliphatic rings. The molecule has 2 aromatic rings. The van der Waals surface area contributed by atoms with Crippen molar-refractivity contribution in [2.45, 2.75) is 13.1 Å². The lowest BCUT2D eigenvalue weighted by atomic mass is 10.1. The van der Waals surface area contributed by atoms with Gasteiger partial charge in [-0.25, -0.2) is 9.97 Å². The molecule has 3 heterocycles. The Morgan fingerprint density at radius 2 is 2.15 bits per heavy atom. The summed E-state index contributed by atoms with van der Waals surface area (Å²) in [5.41, 5.74) is -0.159. The number of hydrogen-bond donors (Lipinski definition) is 2. The third-order valence-corrected chi connectivity index (χ3v) is 5.12. The van der Waals surface area contributed by atoms with Gasteiger partial charge in [0.05, 0.1) is 23.1 Å². The number of alkyl halides is 3. The fraction of sp³-hybridized carbons (Fsp3) is 0.250. The summed E-state index contributed by atoms with van der Waals surface area (Å²) in [7, 11) is 1.58. The van der Waals surface area contributed by atoms with Gasteiger partial charge >= 0.3 is 6.18 Å². The predicted molar refractivity (Wildman–Crippen MR) is 98.2 cm³/mol. The SMILES string of the molecule is CC[S+]([O-])/C(Nc1nc2cc(C(F)(F)F)cnc2n1C)=C1\C=CN=CC1=N. The molecule has 2 aromatic heterocycles. The third kappa shape index (κ3) is 3.74. The number of rotatable bonds is 4. The van der Waals surface area contributed by atoms with Crippen molar-refractivity contribution in [3.8, 4) is 0 Å². The van der Waals surface area contributed by atoms with E-state index < -0.39 is 22.9 Å².